The van der Waals surface area contributed by atoms with Crippen LogP contribution in [-0.4, -0.2) is 21.0 Å². The Balaban J connectivity index is 1.79. The summed E-state index contributed by atoms with van der Waals surface area (Å²) in [5.41, 5.74) is 1.82. The summed E-state index contributed by atoms with van der Waals surface area (Å²) in [6.07, 6.45) is 2.67. The van der Waals surface area contributed by atoms with Gasteiger partial charge in [-0.3, -0.25) is 9.69 Å². The van der Waals surface area contributed by atoms with Crippen LogP contribution in [0.15, 0.2) is 60.7 Å². The summed E-state index contributed by atoms with van der Waals surface area (Å²) < 4.78 is 13.8. The minimum Gasteiger partial charge on any atom is -0.363 e. The molecule has 2 N–H and O–H groups in total. The zero-order valence-corrected chi connectivity index (χ0v) is 14.9. The number of aromatic nitrogens is 2. The van der Waals surface area contributed by atoms with E-state index in [0.717, 1.165) is 5.52 Å². The molecule has 4 aromatic rings. The topological polar surface area (TPSA) is 69.2 Å². The van der Waals surface area contributed by atoms with Gasteiger partial charge < -0.3 is 10.1 Å². The van der Waals surface area contributed by atoms with Crippen molar-refractivity contribution in [1.29, 1.82) is 0 Å². The maximum atomic E-state index is 13.8. The molecule has 0 saturated heterocycles. The second-order valence-electron chi connectivity index (χ2n) is 6.87. The van der Waals surface area contributed by atoms with E-state index in [1.807, 2.05) is 0 Å². The van der Waals surface area contributed by atoms with Gasteiger partial charge in [0.1, 0.15) is 5.82 Å². The standard InChI is InChI=1S/C22H15FN3O2/c1-13-10-15(7-8-18(13)23)26-21(27)16-4-2-3-5-17(16)22(26,28)14-6-9-19-20(11-14)25-12-24-19/h2-11,28H,1H3,(H,24,25). The van der Waals surface area contributed by atoms with Crippen molar-refractivity contribution >= 4 is 22.6 Å². The van der Waals surface area contributed by atoms with Crippen LogP contribution in [0.2, 0.25) is 0 Å². The zero-order chi connectivity index (χ0) is 19.5. The van der Waals surface area contributed by atoms with E-state index in [9.17, 15) is 14.3 Å². The van der Waals surface area contributed by atoms with Gasteiger partial charge in [0.05, 0.1) is 11.0 Å². The van der Waals surface area contributed by atoms with Crippen molar-refractivity contribution in [1.82, 2.24) is 9.97 Å². The highest BCUT2D eigenvalue weighted by Gasteiger charge is 2.50. The summed E-state index contributed by atoms with van der Waals surface area (Å²) in [7, 11) is 0. The number of aliphatic hydroxyl groups is 1. The molecular formula is C22H15FN3O2. The number of nitrogens with zero attached hydrogens (tertiary/aromatic N) is 2. The summed E-state index contributed by atoms with van der Waals surface area (Å²) in [6, 6.07) is 16.5. The molecule has 5 nitrogen and oxygen atoms in total. The van der Waals surface area contributed by atoms with Gasteiger partial charge in [-0.25, -0.2) is 9.37 Å². The quantitative estimate of drug-likeness (QED) is 0.564. The van der Waals surface area contributed by atoms with Gasteiger partial charge in [-0.15, -0.1) is 0 Å². The Morgan fingerprint density at radius 2 is 1.96 bits per heavy atom. The summed E-state index contributed by atoms with van der Waals surface area (Å²) in [5.74, 6) is -0.720. The molecule has 1 aromatic heterocycles. The molecule has 6 heteroatoms. The first kappa shape index (κ1) is 16.6. The van der Waals surface area contributed by atoms with Gasteiger partial charge in [0.15, 0.2) is 12.1 Å². The Morgan fingerprint density at radius 1 is 1.14 bits per heavy atom. The number of hydrogen-bond donors (Lipinski definition) is 2. The third-order valence-corrected chi connectivity index (χ3v) is 5.23. The molecule has 0 spiro atoms. The average molecular weight is 372 g/mol. The number of halogens is 1. The number of aromatic amines is 1. The number of hydrogen-bond acceptors (Lipinski definition) is 3. The number of anilines is 1. The van der Waals surface area contributed by atoms with E-state index in [2.05, 4.69) is 16.3 Å². The Kier molecular flexibility index (Phi) is 3.41. The number of nitrogens with one attached hydrogen (secondary N) is 1. The van der Waals surface area contributed by atoms with Gasteiger partial charge in [-0.1, -0.05) is 24.3 Å². The summed E-state index contributed by atoms with van der Waals surface area (Å²) in [5, 5.41) is 11.9. The van der Waals surface area contributed by atoms with E-state index < -0.39 is 5.72 Å². The van der Waals surface area contributed by atoms with Crippen LogP contribution in [0.4, 0.5) is 10.1 Å². The fourth-order valence-corrected chi connectivity index (χ4v) is 3.81. The molecule has 1 aliphatic rings. The van der Waals surface area contributed by atoms with Crippen molar-refractivity contribution in [2.45, 2.75) is 12.6 Å². The van der Waals surface area contributed by atoms with Crippen LogP contribution >= 0.6 is 0 Å². The fourth-order valence-electron chi connectivity index (χ4n) is 3.81. The van der Waals surface area contributed by atoms with E-state index in [4.69, 9.17) is 0 Å². The molecule has 1 amide bonds. The van der Waals surface area contributed by atoms with Gasteiger partial charge in [0, 0.05) is 22.4 Å². The molecule has 0 fully saturated rings. The number of benzene rings is 3. The largest absolute Gasteiger partial charge is 0.363 e. The number of imidazole rings is 1. The Labute approximate surface area is 160 Å². The predicted octanol–water partition coefficient (Wildman–Crippen LogP) is 3.66. The first-order chi connectivity index (χ1) is 13.5. The smallest absolute Gasteiger partial charge is 0.261 e. The van der Waals surface area contributed by atoms with Gasteiger partial charge in [-0.05, 0) is 48.9 Å². The van der Waals surface area contributed by atoms with Crippen molar-refractivity contribution in [3.8, 4) is 0 Å². The number of aryl methyl sites for hydroxylation is 1. The minimum absolute atomic E-state index is 0.349. The van der Waals surface area contributed by atoms with Crippen LogP contribution in [0.5, 0.6) is 0 Å². The summed E-state index contributed by atoms with van der Waals surface area (Å²) in [6.45, 7) is 1.62. The average Bonchev–Trinajstić information content (AvgIpc) is 3.26. The maximum absolute atomic E-state index is 13.8. The number of carbonyl (C=O) groups excluding carboxylic acids is 1. The van der Waals surface area contributed by atoms with Crippen molar-refractivity contribution in [3.05, 3.63) is 95.1 Å². The van der Waals surface area contributed by atoms with Crippen LogP contribution in [-0.2, 0) is 5.72 Å². The first-order valence-electron chi connectivity index (χ1n) is 8.79. The lowest BCUT2D eigenvalue weighted by molar-refractivity contribution is 0.0704. The second-order valence-corrected chi connectivity index (χ2v) is 6.87. The molecule has 0 bridgehead atoms. The zero-order valence-electron chi connectivity index (χ0n) is 14.9. The Hall–Kier alpha value is -3.51. The molecule has 1 unspecified atom stereocenters. The van der Waals surface area contributed by atoms with Gasteiger partial charge >= 0.3 is 0 Å². The molecule has 3 aromatic carbocycles. The van der Waals surface area contributed by atoms with Crippen LogP contribution in [0.3, 0.4) is 0 Å². The monoisotopic (exact) mass is 372 g/mol. The molecule has 1 atom stereocenters. The molecule has 1 radical (unpaired) electrons. The third kappa shape index (κ3) is 2.15. The van der Waals surface area contributed by atoms with Crippen molar-refractivity contribution in [2.24, 2.45) is 0 Å². The summed E-state index contributed by atoms with van der Waals surface area (Å²) >= 11 is 0. The second kappa shape index (κ2) is 5.74. The molecule has 5 rings (SSSR count). The lowest BCUT2D eigenvalue weighted by Gasteiger charge is -2.35. The van der Waals surface area contributed by atoms with Crippen molar-refractivity contribution in [3.63, 3.8) is 0 Å². The fraction of sp³-hybridized carbons (Fsp3) is 0.0909. The van der Waals surface area contributed by atoms with Crippen LogP contribution in [0.1, 0.15) is 27.0 Å². The van der Waals surface area contributed by atoms with Crippen molar-refractivity contribution < 1.29 is 14.3 Å². The predicted molar refractivity (Wildman–Crippen MR) is 102 cm³/mol. The molecule has 0 aliphatic carbocycles. The molecule has 28 heavy (non-hydrogen) atoms. The maximum Gasteiger partial charge on any atom is 0.261 e. The van der Waals surface area contributed by atoms with E-state index in [0.29, 0.717) is 33.5 Å². The highest BCUT2D eigenvalue weighted by molar-refractivity contribution is 6.12. The van der Waals surface area contributed by atoms with E-state index in [-0.39, 0.29) is 11.7 Å². The number of fused-ring (bicyclic) bond motifs is 2. The normalized spacial score (nSPS) is 18.7. The van der Waals surface area contributed by atoms with Crippen LogP contribution in [0, 0.1) is 19.1 Å². The number of carbonyl (C=O) groups is 1. The van der Waals surface area contributed by atoms with E-state index in [1.165, 1.54) is 17.0 Å². The van der Waals surface area contributed by atoms with Crippen LogP contribution in [0.25, 0.3) is 11.0 Å². The van der Waals surface area contributed by atoms with E-state index >= 15 is 0 Å². The lowest BCUT2D eigenvalue weighted by atomic mass is 9.93. The van der Waals surface area contributed by atoms with E-state index in [1.54, 1.807) is 55.5 Å². The molecular weight excluding hydrogens is 357 g/mol. The van der Waals surface area contributed by atoms with Gasteiger partial charge in [-0.2, -0.15) is 0 Å². The molecule has 2 heterocycles. The minimum atomic E-state index is -1.74. The SMILES string of the molecule is Cc1cc(N2C(=O)c3ccccc3C2(O)c2ccc3[nH][c]nc3c2)ccc1F. The molecule has 1 aliphatic heterocycles. The molecule has 137 valence electrons. The van der Waals surface area contributed by atoms with Crippen LogP contribution < -0.4 is 4.90 Å². The Morgan fingerprint density at radius 3 is 2.79 bits per heavy atom. The highest BCUT2D eigenvalue weighted by Crippen LogP contribution is 2.45. The number of rotatable bonds is 2. The Bertz CT molecular complexity index is 1250. The molecule has 0 saturated carbocycles. The van der Waals surface area contributed by atoms with Gasteiger partial charge in [0.2, 0.25) is 0 Å². The third-order valence-electron chi connectivity index (χ3n) is 5.23. The first-order valence-corrected chi connectivity index (χ1v) is 8.79. The lowest BCUT2D eigenvalue weighted by Crippen LogP contribution is -2.45. The highest BCUT2D eigenvalue weighted by atomic mass is 19.1. The van der Waals surface area contributed by atoms with Gasteiger partial charge in [0.25, 0.3) is 5.91 Å². The number of amides is 1. The summed E-state index contributed by atoms with van der Waals surface area (Å²) in [4.78, 5) is 21.6. The van der Waals surface area contributed by atoms with Crippen molar-refractivity contribution in [2.75, 3.05) is 4.90 Å². The number of H-pyrrole nitrogens is 1.